The molecule has 3 rings (SSSR count). The van der Waals surface area contributed by atoms with Gasteiger partial charge >= 0.3 is 0 Å². The van der Waals surface area contributed by atoms with E-state index in [-0.39, 0.29) is 11.9 Å². The average Bonchev–Trinajstić information content (AvgIpc) is 2.87. The maximum atomic E-state index is 13.1. The fourth-order valence-corrected chi connectivity index (χ4v) is 2.95. The van der Waals surface area contributed by atoms with Gasteiger partial charge in [-0.25, -0.2) is 4.39 Å². The summed E-state index contributed by atoms with van der Waals surface area (Å²) in [4.78, 5) is 0. The molecule has 0 aliphatic rings. The first-order valence-corrected chi connectivity index (χ1v) is 7.08. The minimum atomic E-state index is -0.247. The van der Waals surface area contributed by atoms with Crippen LogP contribution in [0.25, 0.3) is 10.9 Å². The van der Waals surface area contributed by atoms with Crippen molar-refractivity contribution in [3.05, 3.63) is 58.4 Å². The van der Waals surface area contributed by atoms with Gasteiger partial charge in [0.15, 0.2) is 0 Å². The van der Waals surface area contributed by atoms with E-state index in [1.807, 2.05) is 25.1 Å². The van der Waals surface area contributed by atoms with Crippen LogP contribution in [0, 0.1) is 5.82 Å². The second-order valence-corrected chi connectivity index (χ2v) is 5.53. The lowest BCUT2D eigenvalue weighted by Crippen LogP contribution is -2.07. The van der Waals surface area contributed by atoms with Crippen LogP contribution in [0.3, 0.4) is 0 Å². The monoisotopic (exact) mass is 333 g/mol. The lowest BCUT2D eigenvalue weighted by Gasteiger charge is -2.17. The molecule has 0 saturated carbocycles. The van der Waals surface area contributed by atoms with E-state index in [2.05, 4.69) is 31.4 Å². The summed E-state index contributed by atoms with van der Waals surface area (Å²) in [6.45, 7) is 2.03. The number of rotatable bonds is 3. The molecule has 1 heterocycles. The van der Waals surface area contributed by atoms with Crippen LogP contribution in [-0.4, -0.2) is 10.2 Å². The molecular formula is C15H13BrFN3. The van der Waals surface area contributed by atoms with Crippen molar-refractivity contribution in [3.63, 3.8) is 0 Å². The van der Waals surface area contributed by atoms with Gasteiger partial charge in [0, 0.05) is 15.9 Å². The number of para-hydroxylation sites is 1. The Morgan fingerprint density at radius 2 is 2.15 bits per heavy atom. The normalized spacial score (nSPS) is 12.6. The van der Waals surface area contributed by atoms with Crippen LogP contribution in [-0.2, 0) is 0 Å². The van der Waals surface area contributed by atoms with Gasteiger partial charge in [0.05, 0.1) is 17.4 Å². The molecular weight excluding hydrogens is 321 g/mol. The standard InChI is InChI=1S/C15H13BrFN3/c1-9(12-6-5-11(17)7-13(12)16)19-14-4-2-3-10-8-18-20-15(10)14/h2-9,19H,1H3,(H,18,20). The molecule has 102 valence electrons. The predicted octanol–water partition coefficient (Wildman–Crippen LogP) is 4.64. The van der Waals surface area contributed by atoms with Crippen molar-refractivity contribution >= 4 is 32.5 Å². The van der Waals surface area contributed by atoms with Crippen molar-refractivity contribution in [2.45, 2.75) is 13.0 Å². The number of anilines is 1. The number of nitrogens with zero attached hydrogens (tertiary/aromatic N) is 1. The Hall–Kier alpha value is -1.88. The number of H-pyrrole nitrogens is 1. The molecule has 0 aliphatic heterocycles. The number of hydrogen-bond acceptors (Lipinski definition) is 2. The van der Waals surface area contributed by atoms with Crippen molar-refractivity contribution in [1.82, 2.24) is 10.2 Å². The van der Waals surface area contributed by atoms with Gasteiger partial charge in [-0.3, -0.25) is 5.10 Å². The predicted molar refractivity (Wildman–Crippen MR) is 82.2 cm³/mol. The zero-order valence-electron chi connectivity index (χ0n) is 10.8. The molecule has 1 unspecified atom stereocenters. The minimum Gasteiger partial charge on any atom is -0.377 e. The molecule has 2 N–H and O–H groups in total. The van der Waals surface area contributed by atoms with Gasteiger partial charge in [0.2, 0.25) is 0 Å². The molecule has 1 aromatic heterocycles. The van der Waals surface area contributed by atoms with Crippen molar-refractivity contribution in [2.24, 2.45) is 0 Å². The third-order valence-electron chi connectivity index (χ3n) is 3.28. The Morgan fingerprint density at radius 1 is 1.30 bits per heavy atom. The molecule has 0 amide bonds. The quantitative estimate of drug-likeness (QED) is 0.733. The zero-order chi connectivity index (χ0) is 14.1. The summed E-state index contributed by atoms with van der Waals surface area (Å²) in [5.74, 6) is -0.247. The van der Waals surface area contributed by atoms with E-state index in [0.29, 0.717) is 0 Å². The second-order valence-electron chi connectivity index (χ2n) is 4.67. The first-order valence-electron chi connectivity index (χ1n) is 6.29. The maximum Gasteiger partial charge on any atom is 0.124 e. The first kappa shape index (κ1) is 13.1. The smallest absolute Gasteiger partial charge is 0.124 e. The number of hydrogen-bond donors (Lipinski definition) is 2. The molecule has 0 spiro atoms. The fraction of sp³-hybridized carbons (Fsp3) is 0.133. The molecule has 0 bridgehead atoms. The van der Waals surface area contributed by atoms with Crippen LogP contribution in [0.4, 0.5) is 10.1 Å². The van der Waals surface area contributed by atoms with E-state index in [0.717, 1.165) is 26.6 Å². The maximum absolute atomic E-state index is 13.1. The first-order chi connectivity index (χ1) is 9.65. The van der Waals surface area contributed by atoms with Crippen molar-refractivity contribution in [3.8, 4) is 0 Å². The van der Waals surface area contributed by atoms with Gasteiger partial charge in [-0.05, 0) is 30.7 Å². The number of nitrogens with one attached hydrogen (secondary N) is 2. The lowest BCUT2D eigenvalue weighted by atomic mass is 10.1. The molecule has 3 aromatic rings. The second kappa shape index (κ2) is 5.25. The van der Waals surface area contributed by atoms with Gasteiger partial charge in [0.25, 0.3) is 0 Å². The van der Waals surface area contributed by atoms with E-state index >= 15 is 0 Å². The van der Waals surface area contributed by atoms with Gasteiger partial charge < -0.3 is 5.32 Å². The molecule has 0 aliphatic carbocycles. The van der Waals surface area contributed by atoms with Crippen LogP contribution in [0.15, 0.2) is 47.1 Å². The molecule has 2 aromatic carbocycles. The topological polar surface area (TPSA) is 40.7 Å². The highest BCUT2D eigenvalue weighted by molar-refractivity contribution is 9.10. The summed E-state index contributed by atoms with van der Waals surface area (Å²) >= 11 is 3.40. The molecule has 0 saturated heterocycles. The van der Waals surface area contributed by atoms with E-state index in [4.69, 9.17) is 0 Å². The number of aromatic nitrogens is 2. The molecule has 3 nitrogen and oxygen atoms in total. The highest BCUT2D eigenvalue weighted by Gasteiger charge is 2.12. The van der Waals surface area contributed by atoms with Gasteiger partial charge in [-0.2, -0.15) is 5.10 Å². The number of aromatic amines is 1. The van der Waals surface area contributed by atoms with Gasteiger partial charge in [-0.1, -0.05) is 34.1 Å². The molecule has 0 fully saturated rings. The van der Waals surface area contributed by atoms with Gasteiger partial charge in [0.1, 0.15) is 5.82 Å². The van der Waals surface area contributed by atoms with Crippen molar-refractivity contribution in [2.75, 3.05) is 5.32 Å². The van der Waals surface area contributed by atoms with Crippen molar-refractivity contribution in [1.29, 1.82) is 0 Å². The number of fused-ring (bicyclic) bond motifs is 1. The van der Waals surface area contributed by atoms with E-state index < -0.39 is 0 Å². The summed E-state index contributed by atoms with van der Waals surface area (Å²) in [7, 11) is 0. The highest BCUT2D eigenvalue weighted by atomic mass is 79.9. The summed E-state index contributed by atoms with van der Waals surface area (Å²) < 4.78 is 13.9. The van der Waals surface area contributed by atoms with Crippen LogP contribution < -0.4 is 5.32 Å². The molecule has 5 heteroatoms. The Labute approximate surface area is 124 Å². The number of halogens is 2. The SMILES string of the molecule is CC(Nc1cccc2cn[nH]c12)c1ccc(F)cc1Br. The van der Waals surface area contributed by atoms with E-state index in [1.165, 1.54) is 12.1 Å². The third kappa shape index (κ3) is 2.41. The molecule has 1 atom stereocenters. The zero-order valence-corrected chi connectivity index (χ0v) is 12.4. The Kier molecular flexibility index (Phi) is 3.44. The third-order valence-corrected chi connectivity index (χ3v) is 3.96. The molecule has 0 radical (unpaired) electrons. The van der Waals surface area contributed by atoms with E-state index in [1.54, 1.807) is 12.3 Å². The largest absolute Gasteiger partial charge is 0.377 e. The van der Waals surface area contributed by atoms with Crippen LogP contribution in [0.2, 0.25) is 0 Å². The summed E-state index contributed by atoms with van der Waals surface area (Å²) in [6.07, 6.45) is 1.79. The van der Waals surface area contributed by atoms with E-state index in [9.17, 15) is 4.39 Å². The number of benzene rings is 2. The highest BCUT2D eigenvalue weighted by Crippen LogP contribution is 2.29. The lowest BCUT2D eigenvalue weighted by molar-refractivity contribution is 0.625. The summed E-state index contributed by atoms with van der Waals surface area (Å²) in [6, 6.07) is 10.7. The minimum absolute atomic E-state index is 0.0406. The van der Waals surface area contributed by atoms with Crippen LogP contribution in [0.1, 0.15) is 18.5 Å². The Bertz CT molecular complexity index is 754. The summed E-state index contributed by atoms with van der Waals surface area (Å²) in [5.41, 5.74) is 2.95. The Balaban J connectivity index is 1.92. The molecule has 20 heavy (non-hydrogen) atoms. The van der Waals surface area contributed by atoms with Crippen LogP contribution >= 0.6 is 15.9 Å². The Morgan fingerprint density at radius 3 is 2.95 bits per heavy atom. The van der Waals surface area contributed by atoms with Crippen molar-refractivity contribution < 1.29 is 4.39 Å². The van der Waals surface area contributed by atoms with Crippen LogP contribution in [0.5, 0.6) is 0 Å². The average molecular weight is 334 g/mol. The summed E-state index contributed by atoms with van der Waals surface area (Å²) in [5, 5.41) is 11.5. The van der Waals surface area contributed by atoms with Gasteiger partial charge in [-0.15, -0.1) is 0 Å². The fourth-order valence-electron chi connectivity index (χ4n) is 2.25.